The molecule has 0 aliphatic heterocycles. The van der Waals surface area contributed by atoms with Crippen molar-refractivity contribution in [1.82, 2.24) is 5.32 Å². The topological polar surface area (TPSA) is 25.2 Å². The van der Waals surface area contributed by atoms with Gasteiger partial charge < -0.3 is 9.73 Å². The van der Waals surface area contributed by atoms with E-state index in [1.54, 1.807) is 6.26 Å². The first-order valence-electron chi connectivity index (χ1n) is 6.67. The lowest BCUT2D eigenvalue weighted by molar-refractivity contribution is 0.443. The van der Waals surface area contributed by atoms with Gasteiger partial charge in [0.05, 0.1) is 12.3 Å². The van der Waals surface area contributed by atoms with E-state index in [4.69, 9.17) is 10.8 Å². The number of terminal acetylenes is 1. The van der Waals surface area contributed by atoms with Crippen LogP contribution in [-0.4, -0.2) is 6.54 Å². The maximum Gasteiger partial charge on any atom is 0.125 e. The molecule has 1 atom stereocenters. The Morgan fingerprint density at radius 2 is 1.95 bits per heavy atom. The second-order valence-corrected chi connectivity index (χ2v) is 4.47. The Labute approximate surface area is 114 Å². The van der Waals surface area contributed by atoms with E-state index in [0.717, 1.165) is 31.6 Å². The van der Waals surface area contributed by atoms with Crippen molar-refractivity contribution in [2.75, 3.05) is 6.54 Å². The molecular formula is C17H19NO. The summed E-state index contributed by atoms with van der Waals surface area (Å²) in [6.07, 6.45) is 9.95. The van der Waals surface area contributed by atoms with E-state index in [1.807, 2.05) is 30.3 Å². The SMILES string of the molecule is C#CCCCCNC(c1ccccc1)c1ccco1. The molecule has 0 spiro atoms. The van der Waals surface area contributed by atoms with Gasteiger partial charge >= 0.3 is 0 Å². The van der Waals surface area contributed by atoms with Crippen molar-refractivity contribution >= 4 is 0 Å². The molecule has 0 radical (unpaired) electrons. The van der Waals surface area contributed by atoms with Crippen LogP contribution in [0.3, 0.4) is 0 Å². The lowest BCUT2D eigenvalue weighted by Gasteiger charge is -2.17. The van der Waals surface area contributed by atoms with Crippen LogP contribution in [0.2, 0.25) is 0 Å². The quantitative estimate of drug-likeness (QED) is 0.600. The summed E-state index contributed by atoms with van der Waals surface area (Å²) in [6.45, 7) is 0.932. The smallest absolute Gasteiger partial charge is 0.125 e. The highest BCUT2D eigenvalue weighted by Gasteiger charge is 2.15. The Kier molecular flexibility index (Phi) is 5.28. The second kappa shape index (κ2) is 7.45. The number of unbranched alkanes of at least 4 members (excludes halogenated alkanes) is 2. The predicted molar refractivity (Wildman–Crippen MR) is 77.7 cm³/mol. The van der Waals surface area contributed by atoms with Gasteiger partial charge in [-0.3, -0.25) is 0 Å². The molecule has 19 heavy (non-hydrogen) atoms. The van der Waals surface area contributed by atoms with Gasteiger partial charge in [-0.2, -0.15) is 0 Å². The molecule has 1 N–H and O–H groups in total. The Hall–Kier alpha value is -1.98. The minimum absolute atomic E-state index is 0.113. The zero-order valence-corrected chi connectivity index (χ0v) is 11.0. The first-order chi connectivity index (χ1) is 9.42. The molecule has 1 unspecified atom stereocenters. The van der Waals surface area contributed by atoms with Crippen molar-refractivity contribution < 1.29 is 4.42 Å². The fourth-order valence-electron chi connectivity index (χ4n) is 2.08. The van der Waals surface area contributed by atoms with E-state index in [9.17, 15) is 0 Å². The van der Waals surface area contributed by atoms with Gasteiger partial charge in [0.1, 0.15) is 5.76 Å². The lowest BCUT2D eigenvalue weighted by Crippen LogP contribution is -2.23. The molecule has 1 aromatic carbocycles. The van der Waals surface area contributed by atoms with Gasteiger partial charge in [-0.1, -0.05) is 30.3 Å². The molecule has 0 saturated heterocycles. The zero-order valence-electron chi connectivity index (χ0n) is 11.0. The highest BCUT2D eigenvalue weighted by Crippen LogP contribution is 2.22. The first-order valence-corrected chi connectivity index (χ1v) is 6.67. The van der Waals surface area contributed by atoms with Crippen LogP contribution < -0.4 is 5.32 Å². The second-order valence-electron chi connectivity index (χ2n) is 4.47. The van der Waals surface area contributed by atoms with Gasteiger partial charge in [0, 0.05) is 6.42 Å². The van der Waals surface area contributed by atoms with Crippen LogP contribution in [0.15, 0.2) is 53.1 Å². The molecular weight excluding hydrogens is 234 g/mol. The number of nitrogens with one attached hydrogen (secondary N) is 1. The largest absolute Gasteiger partial charge is 0.467 e. The number of rotatable bonds is 7. The van der Waals surface area contributed by atoms with Gasteiger partial charge in [0.25, 0.3) is 0 Å². The van der Waals surface area contributed by atoms with Crippen molar-refractivity contribution in [3.05, 3.63) is 60.1 Å². The molecule has 1 heterocycles. The highest BCUT2D eigenvalue weighted by molar-refractivity contribution is 5.26. The highest BCUT2D eigenvalue weighted by atomic mass is 16.3. The summed E-state index contributed by atoms with van der Waals surface area (Å²) < 4.78 is 5.53. The van der Waals surface area contributed by atoms with Gasteiger partial charge in [0.2, 0.25) is 0 Å². The van der Waals surface area contributed by atoms with E-state index in [2.05, 4.69) is 23.4 Å². The molecule has 0 bridgehead atoms. The van der Waals surface area contributed by atoms with Crippen molar-refractivity contribution in [2.45, 2.75) is 25.3 Å². The average molecular weight is 253 g/mol. The Morgan fingerprint density at radius 3 is 2.63 bits per heavy atom. The van der Waals surface area contributed by atoms with E-state index in [-0.39, 0.29) is 6.04 Å². The van der Waals surface area contributed by atoms with Crippen LogP contribution in [0.4, 0.5) is 0 Å². The van der Waals surface area contributed by atoms with E-state index < -0.39 is 0 Å². The molecule has 2 rings (SSSR count). The van der Waals surface area contributed by atoms with Crippen LogP contribution in [0, 0.1) is 12.3 Å². The monoisotopic (exact) mass is 253 g/mol. The normalized spacial score (nSPS) is 11.9. The third-order valence-electron chi connectivity index (χ3n) is 3.06. The summed E-state index contributed by atoms with van der Waals surface area (Å²) in [5.74, 6) is 3.62. The van der Waals surface area contributed by atoms with E-state index >= 15 is 0 Å². The Morgan fingerprint density at radius 1 is 1.11 bits per heavy atom. The predicted octanol–water partition coefficient (Wildman–Crippen LogP) is 3.76. The van der Waals surface area contributed by atoms with Crippen LogP contribution in [-0.2, 0) is 0 Å². The van der Waals surface area contributed by atoms with Crippen molar-refractivity contribution in [1.29, 1.82) is 0 Å². The summed E-state index contributed by atoms with van der Waals surface area (Å²) in [7, 11) is 0. The average Bonchev–Trinajstić information content (AvgIpc) is 2.98. The molecule has 0 aliphatic carbocycles. The van der Waals surface area contributed by atoms with Gasteiger partial charge in [-0.15, -0.1) is 12.3 Å². The van der Waals surface area contributed by atoms with Crippen molar-refractivity contribution in [3.8, 4) is 12.3 Å². The number of hydrogen-bond donors (Lipinski definition) is 1. The summed E-state index contributed by atoms with van der Waals surface area (Å²) in [5.41, 5.74) is 1.22. The summed E-state index contributed by atoms with van der Waals surface area (Å²) in [4.78, 5) is 0. The van der Waals surface area contributed by atoms with E-state index in [0.29, 0.717) is 0 Å². The molecule has 0 saturated carbocycles. The molecule has 0 aliphatic rings. The number of hydrogen-bond acceptors (Lipinski definition) is 2. The maximum absolute atomic E-state index is 5.53. The first kappa shape index (κ1) is 13.5. The fraction of sp³-hybridized carbons (Fsp3) is 0.294. The standard InChI is InChI=1S/C17H19NO/c1-2-3-4-8-13-18-17(16-12-9-14-19-16)15-10-6-5-7-11-15/h1,5-7,9-12,14,17-18H,3-4,8,13H2. The molecule has 2 heteroatoms. The summed E-state index contributed by atoms with van der Waals surface area (Å²) >= 11 is 0. The molecule has 98 valence electrons. The number of benzene rings is 1. The summed E-state index contributed by atoms with van der Waals surface area (Å²) in [5, 5.41) is 3.53. The third-order valence-corrected chi connectivity index (χ3v) is 3.06. The number of furan rings is 1. The molecule has 2 nitrogen and oxygen atoms in total. The summed E-state index contributed by atoms with van der Waals surface area (Å²) in [6, 6.07) is 14.4. The lowest BCUT2D eigenvalue weighted by atomic mass is 10.0. The minimum Gasteiger partial charge on any atom is -0.467 e. The van der Waals surface area contributed by atoms with Crippen LogP contribution in [0.5, 0.6) is 0 Å². The molecule has 0 amide bonds. The van der Waals surface area contributed by atoms with Crippen molar-refractivity contribution in [2.24, 2.45) is 0 Å². The van der Waals surface area contributed by atoms with Gasteiger partial charge in [-0.25, -0.2) is 0 Å². The van der Waals surface area contributed by atoms with E-state index in [1.165, 1.54) is 5.56 Å². The van der Waals surface area contributed by atoms with Crippen molar-refractivity contribution in [3.63, 3.8) is 0 Å². The molecule has 1 aromatic heterocycles. The van der Waals surface area contributed by atoms with Gasteiger partial charge in [-0.05, 0) is 37.1 Å². The van der Waals surface area contributed by atoms with Gasteiger partial charge in [0.15, 0.2) is 0 Å². The minimum atomic E-state index is 0.113. The van der Waals surface area contributed by atoms with Crippen LogP contribution in [0.1, 0.15) is 36.6 Å². The van der Waals surface area contributed by atoms with Crippen LogP contribution >= 0.6 is 0 Å². The molecule has 0 fully saturated rings. The third kappa shape index (κ3) is 4.01. The maximum atomic E-state index is 5.53. The molecule has 2 aromatic rings. The van der Waals surface area contributed by atoms with Crippen LogP contribution in [0.25, 0.3) is 0 Å². The Bertz CT molecular complexity index is 496. The zero-order chi connectivity index (χ0) is 13.3. The fourth-order valence-corrected chi connectivity index (χ4v) is 2.08. The Balaban J connectivity index is 1.98.